The van der Waals surface area contributed by atoms with Gasteiger partial charge in [-0.2, -0.15) is 0 Å². The molecule has 3 rings (SSSR count). The zero-order chi connectivity index (χ0) is 18.0. The molecule has 2 heterocycles. The monoisotopic (exact) mass is 361 g/mol. The average Bonchev–Trinajstić information content (AvgIpc) is 3.15. The second-order valence-corrected chi connectivity index (χ2v) is 7.38. The lowest BCUT2D eigenvalue weighted by molar-refractivity contribution is -0.128. The Hall–Kier alpha value is -2.28. The molecular weight excluding hydrogens is 341 g/mol. The van der Waals surface area contributed by atoms with Crippen LogP contribution in [0, 0.1) is 11.7 Å². The molecule has 0 radical (unpaired) electrons. The van der Waals surface area contributed by atoms with Crippen LogP contribution in [0.1, 0.15) is 37.4 Å². The van der Waals surface area contributed by atoms with Crippen molar-refractivity contribution >= 4 is 28.3 Å². The van der Waals surface area contributed by atoms with E-state index in [1.807, 2.05) is 19.2 Å². The molecule has 0 unspecified atom stereocenters. The highest BCUT2D eigenvalue weighted by atomic mass is 32.1. The molecule has 1 aromatic heterocycles. The summed E-state index contributed by atoms with van der Waals surface area (Å²) >= 11 is 1.39. The molecule has 2 amide bonds. The summed E-state index contributed by atoms with van der Waals surface area (Å²) in [5.74, 6) is -0.724. The topological polar surface area (TPSA) is 62.3 Å². The normalized spacial score (nSPS) is 17.4. The van der Waals surface area contributed by atoms with Crippen molar-refractivity contribution in [3.05, 3.63) is 46.7 Å². The van der Waals surface area contributed by atoms with Crippen molar-refractivity contribution < 1.29 is 14.0 Å². The summed E-state index contributed by atoms with van der Waals surface area (Å²) in [6.45, 7) is 4.74. The molecule has 132 valence electrons. The van der Waals surface area contributed by atoms with Crippen molar-refractivity contribution in [3.63, 3.8) is 0 Å². The molecule has 1 fully saturated rings. The Kier molecular flexibility index (Phi) is 5.13. The Morgan fingerprint density at radius 2 is 2.28 bits per heavy atom. The van der Waals surface area contributed by atoms with Gasteiger partial charge in [-0.25, -0.2) is 9.37 Å². The first kappa shape index (κ1) is 17.5. The van der Waals surface area contributed by atoms with E-state index in [1.54, 1.807) is 17.0 Å². The van der Waals surface area contributed by atoms with Gasteiger partial charge in [-0.05, 0) is 23.6 Å². The van der Waals surface area contributed by atoms with Gasteiger partial charge in [0.05, 0.1) is 11.6 Å². The fourth-order valence-corrected chi connectivity index (χ4v) is 3.65. The molecule has 7 heteroatoms. The lowest BCUT2D eigenvalue weighted by atomic mass is 10.1. The van der Waals surface area contributed by atoms with E-state index < -0.39 is 5.92 Å². The van der Waals surface area contributed by atoms with Crippen molar-refractivity contribution in [1.29, 1.82) is 0 Å². The Balaban J connectivity index is 1.60. The Bertz CT molecular complexity index is 790. The first-order valence-electron chi connectivity index (χ1n) is 8.21. The van der Waals surface area contributed by atoms with E-state index in [0.29, 0.717) is 24.1 Å². The van der Waals surface area contributed by atoms with Gasteiger partial charge < -0.3 is 10.2 Å². The maximum absolute atomic E-state index is 13.3. The zero-order valence-electron chi connectivity index (χ0n) is 14.2. The van der Waals surface area contributed by atoms with Gasteiger partial charge in [0.25, 0.3) is 0 Å². The number of halogens is 1. The van der Waals surface area contributed by atoms with Crippen LogP contribution in [0.3, 0.4) is 0 Å². The van der Waals surface area contributed by atoms with Gasteiger partial charge in [0.15, 0.2) is 5.13 Å². The molecule has 1 aromatic carbocycles. The van der Waals surface area contributed by atoms with Crippen LogP contribution in [0.25, 0.3) is 0 Å². The first-order valence-corrected chi connectivity index (χ1v) is 9.09. The number of amides is 2. The number of aromatic nitrogens is 1. The molecule has 1 aliphatic rings. The molecule has 0 saturated carbocycles. The van der Waals surface area contributed by atoms with Crippen LogP contribution in [-0.4, -0.2) is 28.2 Å². The maximum atomic E-state index is 13.3. The highest BCUT2D eigenvalue weighted by Gasteiger charge is 2.34. The summed E-state index contributed by atoms with van der Waals surface area (Å²) in [6, 6.07) is 6.16. The van der Waals surface area contributed by atoms with E-state index in [4.69, 9.17) is 0 Å². The number of rotatable bonds is 5. The largest absolute Gasteiger partial charge is 0.338 e. The summed E-state index contributed by atoms with van der Waals surface area (Å²) < 4.78 is 13.3. The van der Waals surface area contributed by atoms with Gasteiger partial charge in [0.1, 0.15) is 5.82 Å². The molecule has 0 aliphatic carbocycles. The number of hydrogen-bond donors (Lipinski definition) is 1. The van der Waals surface area contributed by atoms with Crippen molar-refractivity contribution in [3.8, 4) is 0 Å². The van der Waals surface area contributed by atoms with E-state index >= 15 is 0 Å². The second-order valence-electron chi connectivity index (χ2n) is 6.53. The molecule has 1 atom stereocenters. The van der Waals surface area contributed by atoms with Crippen LogP contribution in [0.15, 0.2) is 29.6 Å². The summed E-state index contributed by atoms with van der Waals surface area (Å²) in [7, 11) is 0. The molecule has 0 spiro atoms. The highest BCUT2D eigenvalue weighted by molar-refractivity contribution is 7.13. The number of carbonyl (C=O) groups is 2. The third kappa shape index (κ3) is 4.22. The molecule has 5 nitrogen and oxygen atoms in total. The number of carbonyl (C=O) groups excluding carboxylic acids is 2. The van der Waals surface area contributed by atoms with E-state index in [2.05, 4.69) is 10.3 Å². The minimum absolute atomic E-state index is 0.0913. The molecule has 2 aromatic rings. The minimum atomic E-state index is -0.410. The smallest absolute Gasteiger partial charge is 0.231 e. The number of anilines is 1. The number of hydrogen-bond acceptors (Lipinski definition) is 4. The van der Waals surface area contributed by atoms with Crippen molar-refractivity contribution in [2.75, 3.05) is 11.9 Å². The molecular formula is C18H20FN3O2S. The quantitative estimate of drug-likeness (QED) is 0.888. The molecule has 0 bridgehead atoms. The predicted molar refractivity (Wildman–Crippen MR) is 94.8 cm³/mol. The van der Waals surface area contributed by atoms with Crippen LogP contribution >= 0.6 is 11.3 Å². The van der Waals surface area contributed by atoms with Gasteiger partial charge in [-0.15, -0.1) is 11.3 Å². The summed E-state index contributed by atoms with van der Waals surface area (Å²) in [5, 5.41) is 5.29. The standard InChI is InChI=1S/C18H20FN3O2S/c1-11(2)15-10-25-18(20-15)21-17(24)13-7-16(23)22(9-13)8-12-4-3-5-14(19)6-12/h3-6,10-11,13H,7-9H2,1-2H3,(H,20,21,24)/t13-/m1/s1. The number of benzene rings is 1. The SMILES string of the molecule is CC(C)c1csc(NC(=O)[C@@H]2CC(=O)N(Cc3cccc(F)c3)C2)n1. The van der Waals surface area contributed by atoms with Gasteiger partial charge in [-0.1, -0.05) is 26.0 Å². The van der Waals surface area contributed by atoms with Crippen molar-refractivity contribution in [1.82, 2.24) is 9.88 Å². The fraction of sp³-hybridized carbons (Fsp3) is 0.389. The highest BCUT2D eigenvalue weighted by Crippen LogP contribution is 2.25. The Morgan fingerprint density at radius 1 is 1.48 bits per heavy atom. The molecule has 1 saturated heterocycles. The zero-order valence-corrected chi connectivity index (χ0v) is 15.0. The van der Waals surface area contributed by atoms with Gasteiger partial charge in [0.2, 0.25) is 11.8 Å². The lowest BCUT2D eigenvalue weighted by Gasteiger charge is -2.16. The fourth-order valence-electron chi connectivity index (χ4n) is 2.77. The average molecular weight is 361 g/mol. The van der Waals surface area contributed by atoms with Crippen molar-refractivity contribution in [2.24, 2.45) is 5.92 Å². The number of nitrogens with one attached hydrogen (secondary N) is 1. The van der Waals surface area contributed by atoms with Crippen LogP contribution in [0.4, 0.5) is 9.52 Å². The van der Waals surface area contributed by atoms with E-state index in [0.717, 1.165) is 11.3 Å². The summed E-state index contributed by atoms with van der Waals surface area (Å²) in [5.41, 5.74) is 1.66. The van der Waals surface area contributed by atoms with E-state index in [-0.39, 0.29) is 24.1 Å². The van der Waals surface area contributed by atoms with Gasteiger partial charge in [-0.3, -0.25) is 9.59 Å². The number of thiazole rings is 1. The molecule has 1 aliphatic heterocycles. The minimum Gasteiger partial charge on any atom is -0.338 e. The van der Waals surface area contributed by atoms with Gasteiger partial charge in [0, 0.05) is 24.9 Å². The number of nitrogens with zero attached hydrogens (tertiary/aromatic N) is 2. The van der Waals surface area contributed by atoms with Crippen LogP contribution in [-0.2, 0) is 16.1 Å². The van der Waals surface area contributed by atoms with Crippen LogP contribution < -0.4 is 5.32 Å². The number of likely N-dealkylation sites (tertiary alicyclic amines) is 1. The Labute approximate surface area is 149 Å². The van der Waals surface area contributed by atoms with Gasteiger partial charge >= 0.3 is 0 Å². The third-order valence-electron chi connectivity index (χ3n) is 4.19. The Morgan fingerprint density at radius 3 is 2.96 bits per heavy atom. The lowest BCUT2D eigenvalue weighted by Crippen LogP contribution is -2.28. The third-order valence-corrected chi connectivity index (χ3v) is 4.97. The van der Waals surface area contributed by atoms with Crippen LogP contribution in [0.2, 0.25) is 0 Å². The van der Waals surface area contributed by atoms with Crippen LogP contribution in [0.5, 0.6) is 0 Å². The summed E-state index contributed by atoms with van der Waals surface area (Å²) in [4.78, 5) is 30.6. The summed E-state index contributed by atoms with van der Waals surface area (Å²) in [6.07, 6.45) is 0.170. The second kappa shape index (κ2) is 7.31. The van der Waals surface area contributed by atoms with Crippen molar-refractivity contribution in [2.45, 2.75) is 32.7 Å². The molecule has 25 heavy (non-hydrogen) atoms. The predicted octanol–water partition coefficient (Wildman–Crippen LogP) is 3.39. The first-order chi connectivity index (χ1) is 11.9. The van der Waals surface area contributed by atoms with E-state index in [1.165, 1.54) is 23.5 Å². The van der Waals surface area contributed by atoms with E-state index in [9.17, 15) is 14.0 Å². The molecule has 1 N–H and O–H groups in total. The maximum Gasteiger partial charge on any atom is 0.231 e.